The van der Waals surface area contributed by atoms with Gasteiger partial charge in [-0.3, -0.25) is 9.67 Å². The van der Waals surface area contributed by atoms with Crippen molar-refractivity contribution in [2.24, 2.45) is 12.0 Å². The number of rotatable bonds is 4. The van der Waals surface area contributed by atoms with Crippen molar-refractivity contribution in [2.75, 3.05) is 7.05 Å². The van der Waals surface area contributed by atoms with Crippen molar-refractivity contribution in [1.29, 1.82) is 0 Å². The number of benzene rings is 2. The predicted molar refractivity (Wildman–Crippen MR) is 112 cm³/mol. The van der Waals surface area contributed by atoms with E-state index in [-0.39, 0.29) is 30.0 Å². The molecule has 0 fully saturated rings. The number of guanidine groups is 1. The van der Waals surface area contributed by atoms with E-state index in [1.165, 1.54) is 16.3 Å². The molecule has 0 aliphatic rings. The molecular formula is C18H23IN6. The Labute approximate surface area is 164 Å². The Bertz CT molecular complexity index is 857. The number of aryl methyl sites for hydroxylation is 1. The minimum absolute atomic E-state index is 0. The van der Waals surface area contributed by atoms with E-state index < -0.39 is 0 Å². The van der Waals surface area contributed by atoms with Crippen LogP contribution in [0.4, 0.5) is 0 Å². The van der Waals surface area contributed by atoms with Gasteiger partial charge < -0.3 is 10.6 Å². The van der Waals surface area contributed by atoms with Gasteiger partial charge in [-0.1, -0.05) is 36.4 Å². The first-order valence-corrected chi connectivity index (χ1v) is 7.96. The average molecular weight is 450 g/mol. The molecular weight excluding hydrogens is 427 g/mol. The molecule has 0 aliphatic carbocycles. The molecule has 2 aromatic carbocycles. The molecule has 0 spiro atoms. The fourth-order valence-corrected chi connectivity index (χ4v) is 2.60. The summed E-state index contributed by atoms with van der Waals surface area (Å²) in [5.74, 6) is 1.59. The standard InChI is InChI=1S/C18H22N6.HI/c1-13(15-9-8-14-6-4-5-7-16(14)10-15)23-18(19-2)20-11-17-21-12-22-24(17)3;/h4-10,12-13H,11H2,1-3H3,(H2,19,20,23);1H. The van der Waals surface area contributed by atoms with E-state index in [9.17, 15) is 0 Å². The number of aliphatic imine (C=N–C) groups is 1. The summed E-state index contributed by atoms with van der Waals surface area (Å²) in [4.78, 5) is 8.48. The highest BCUT2D eigenvalue weighted by molar-refractivity contribution is 14.0. The van der Waals surface area contributed by atoms with Crippen LogP contribution in [-0.4, -0.2) is 27.8 Å². The number of fused-ring (bicyclic) bond motifs is 1. The van der Waals surface area contributed by atoms with Crippen LogP contribution in [0.1, 0.15) is 24.4 Å². The molecule has 0 aliphatic heterocycles. The summed E-state index contributed by atoms with van der Waals surface area (Å²) in [6.45, 7) is 2.69. The molecule has 6 nitrogen and oxygen atoms in total. The van der Waals surface area contributed by atoms with Gasteiger partial charge in [0.1, 0.15) is 12.2 Å². The second-order valence-electron chi connectivity index (χ2n) is 5.70. The molecule has 1 heterocycles. The normalized spacial score (nSPS) is 12.5. The lowest BCUT2D eigenvalue weighted by Crippen LogP contribution is -2.38. The van der Waals surface area contributed by atoms with Crippen LogP contribution in [0.25, 0.3) is 10.8 Å². The van der Waals surface area contributed by atoms with Crippen LogP contribution in [0.3, 0.4) is 0 Å². The summed E-state index contributed by atoms with van der Waals surface area (Å²) in [5, 5.41) is 13.2. The number of hydrogen-bond acceptors (Lipinski definition) is 3. The summed E-state index contributed by atoms with van der Waals surface area (Å²) in [5.41, 5.74) is 1.22. The first-order chi connectivity index (χ1) is 11.7. The Morgan fingerprint density at radius 2 is 1.96 bits per heavy atom. The number of aromatic nitrogens is 3. The highest BCUT2D eigenvalue weighted by Crippen LogP contribution is 2.20. The van der Waals surface area contributed by atoms with Gasteiger partial charge in [0.05, 0.1) is 12.6 Å². The van der Waals surface area contributed by atoms with Crippen LogP contribution in [0.5, 0.6) is 0 Å². The lowest BCUT2D eigenvalue weighted by Gasteiger charge is -2.18. The van der Waals surface area contributed by atoms with Crippen molar-refractivity contribution in [1.82, 2.24) is 25.4 Å². The minimum atomic E-state index is 0. The van der Waals surface area contributed by atoms with Crippen molar-refractivity contribution in [3.8, 4) is 0 Å². The lowest BCUT2D eigenvalue weighted by molar-refractivity contribution is 0.651. The van der Waals surface area contributed by atoms with Crippen LogP contribution in [-0.2, 0) is 13.6 Å². The average Bonchev–Trinajstić information content (AvgIpc) is 3.03. The quantitative estimate of drug-likeness (QED) is 0.365. The van der Waals surface area contributed by atoms with Gasteiger partial charge >= 0.3 is 0 Å². The lowest BCUT2D eigenvalue weighted by atomic mass is 10.0. The fourth-order valence-electron chi connectivity index (χ4n) is 2.60. The van der Waals surface area contributed by atoms with Crippen LogP contribution in [0, 0.1) is 0 Å². The molecule has 1 atom stereocenters. The number of nitrogens with zero attached hydrogens (tertiary/aromatic N) is 4. The predicted octanol–water partition coefficient (Wildman–Crippen LogP) is 3.01. The molecule has 132 valence electrons. The SMILES string of the molecule is CN=C(NCc1ncnn1C)NC(C)c1ccc2ccccc2c1.I. The van der Waals surface area contributed by atoms with E-state index in [4.69, 9.17) is 0 Å². The van der Waals surface area contributed by atoms with Gasteiger partial charge in [0, 0.05) is 14.1 Å². The van der Waals surface area contributed by atoms with Gasteiger partial charge in [-0.15, -0.1) is 24.0 Å². The highest BCUT2D eigenvalue weighted by atomic mass is 127. The van der Waals surface area contributed by atoms with Gasteiger partial charge in [-0.05, 0) is 29.3 Å². The zero-order valence-corrected chi connectivity index (χ0v) is 16.9. The Hall–Kier alpha value is -2.16. The van der Waals surface area contributed by atoms with Gasteiger partial charge in [-0.2, -0.15) is 5.10 Å². The summed E-state index contributed by atoms with van der Waals surface area (Å²) in [7, 11) is 3.64. The first kappa shape index (κ1) is 19.2. The fraction of sp³-hybridized carbons (Fsp3) is 0.278. The Kier molecular flexibility index (Phi) is 6.74. The third-order valence-corrected chi connectivity index (χ3v) is 4.07. The Morgan fingerprint density at radius 1 is 1.20 bits per heavy atom. The largest absolute Gasteiger partial charge is 0.350 e. The molecule has 0 radical (unpaired) electrons. The summed E-state index contributed by atoms with van der Waals surface area (Å²) >= 11 is 0. The van der Waals surface area contributed by atoms with E-state index in [0.717, 1.165) is 11.8 Å². The second kappa shape index (κ2) is 8.80. The number of hydrogen-bond donors (Lipinski definition) is 2. The maximum absolute atomic E-state index is 4.28. The molecule has 25 heavy (non-hydrogen) atoms. The van der Waals surface area contributed by atoms with E-state index in [2.05, 4.69) is 75.1 Å². The van der Waals surface area contributed by atoms with Crippen LogP contribution < -0.4 is 10.6 Å². The smallest absolute Gasteiger partial charge is 0.191 e. The molecule has 3 rings (SSSR count). The summed E-state index contributed by atoms with van der Waals surface area (Å²) < 4.78 is 1.74. The number of nitrogens with one attached hydrogen (secondary N) is 2. The molecule has 7 heteroatoms. The molecule has 0 amide bonds. The van der Waals surface area contributed by atoms with Crippen molar-refractivity contribution in [3.63, 3.8) is 0 Å². The van der Waals surface area contributed by atoms with Gasteiger partial charge in [0.25, 0.3) is 0 Å². The van der Waals surface area contributed by atoms with Gasteiger partial charge in [0.2, 0.25) is 0 Å². The topological polar surface area (TPSA) is 67.1 Å². The van der Waals surface area contributed by atoms with Crippen LogP contribution >= 0.6 is 24.0 Å². The zero-order valence-electron chi connectivity index (χ0n) is 14.6. The third-order valence-electron chi connectivity index (χ3n) is 4.07. The zero-order chi connectivity index (χ0) is 16.9. The third kappa shape index (κ3) is 4.68. The molecule has 2 N–H and O–H groups in total. The molecule has 1 aromatic heterocycles. The summed E-state index contributed by atoms with van der Waals surface area (Å²) in [6.07, 6.45) is 1.55. The van der Waals surface area contributed by atoms with Crippen molar-refractivity contribution in [3.05, 3.63) is 60.2 Å². The molecule has 0 saturated carbocycles. The van der Waals surface area contributed by atoms with Gasteiger partial charge in [0.15, 0.2) is 5.96 Å². The maximum Gasteiger partial charge on any atom is 0.191 e. The van der Waals surface area contributed by atoms with Crippen LogP contribution in [0.2, 0.25) is 0 Å². The summed E-state index contributed by atoms with van der Waals surface area (Å²) in [6, 6.07) is 15.0. The van der Waals surface area contributed by atoms with E-state index in [1.54, 1.807) is 18.1 Å². The Balaban J connectivity index is 0.00000225. The molecule has 3 aromatic rings. The first-order valence-electron chi connectivity index (χ1n) is 7.96. The van der Waals surface area contributed by atoms with Crippen molar-refractivity contribution < 1.29 is 0 Å². The van der Waals surface area contributed by atoms with E-state index >= 15 is 0 Å². The molecule has 0 saturated heterocycles. The van der Waals surface area contributed by atoms with Crippen LogP contribution in [0.15, 0.2) is 53.8 Å². The van der Waals surface area contributed by atoms with Crippen molar-refractivity contribution >= 4 is 40.7 Å². The maximum atomic E-state index is 4.28. The molecule has 0 bridgehead atoms. The van der Waals surface area contributed by atoms with Crippen molar-refractivity contribution in [2.45, 2.75) is 19.5 Å². The molecule has 1 unspecified atom stereocenters. The van der Waals surface area contributed by atoms with E-state index in [0.29, 0.717) is 6.54 Å². The van der Waals surface area contributed by atoms with Gasteiger partial charge in [-0.25, -0.2) is 4.98 Å². The number of halogens is 1. The van der Waals surface area contributed by atoms with E-state index in [1.807, 2.05) is 7.05 Å². The Morgan fingerprint density at radius 3 is 2.64 bits per heavy atom. The highest BCUT2D eigenvalue weighted by Gasteiger charge is 2.09. The second-order valence-corrected chi connectivity index (χ2v) is 5.70. The minimum Gasteiger partial charge on any atom is -0.350 e. The monoisotopic (exact) mass is 450 g/mol.